The first-order chi connectivity index (χ1) is 20.7. The summed E-state index contributed by atoms with van der Waals surface area (Å²) in [4.78, 5) is 10.4. The molecular weight excluding hydrogens is 517 g/mol. The molecule has 2 aromatic heterocycles. The molecule has 6 heteroatoms. The van der Waals surface area contributed by atoms with E-state index in [9.17, 15) is 10.0 Å². The number of rotatable bonds is 4. The van der Waals surface area contributed by atoms with E-state index in [-0.39, 0.29) is 0 Å². The maximum absolute atomic E-state index is 9.88. The summed E-state index contributed by atoms with van der Waals surface area (Å²) in [6, 6.07) is 45.0. The Hall–Kier alpha value is -5.30. The second kappa shape index (κ2) is 9.66. The minimum Gasteiger partial charge on any atom is -0.423 e. The van der Waals surface area contributed by atoms with Gasteiger partial charge in [0.15, 0.2) is 0 Å². The molecule has 0 saturated carbocycles. The highest BCUT2D eigenvalue weighted by molar-refractivity contribution is 6.59. The zero-order valence-corrected chi connectivity index (χ0v) is 22.5. The Morgan fingerprint density at radius 3 is 1.98 bits per heavy atom. The predicted octanol–water partition coefficient (Wildman–Crippen LogP) is 6.89. The van der Waals surface area contributed by atoms with E-state index in [1.54, 1.807) is 6.07 Å². The molecule has 0 aliphatic carbocycles. The van der Waals surface area contributed by atoms with Gasteiger partial charge in [0.25, 0.3) is 0 Å². The van der Waals surface area contributed by atoms with Gasteiger partial charge in [-0.15, -0.1) is 0 Å². The highest BCUT2D eigenvalue weighted by atomic mass is 16.4. The van der Waals surface area contributed by atoms with Gasteiger partial charge >= 0.3 is 7.12 Å². The van der Waals surface area contributed by atoms with E-state index in [1.165, 1.54) is 5.56 Å². The van der Waals surface area contributed by atoms with Crippen LogP contribution in [0.3, 0.4) is 0 Å². The number of hydrogen-bond donors (Lipinski definition) is 2. The van der Waals surface area contributed by atoms with Gasteiger partial charge in [0, 0.05) is 27.1 Å². The summed E-state index contributed by atoms with van der Waals surface area (Å²) >= 11 is 0. The Labute approximate surface area is 242 Å². The summed E-state index contributed by atoms with van der Waals surface area (Å²) in [5.41, 5.74) is 7.34. The molecule has 6 aromatic carbocycles. The number of para-hydroxylation sites is 1. The van der Waals surface area contributed by atoms with Crippen LogP contribution in [-0.4, -0.2) is 31.7 Å². The van der Waals surface area contributed by atoms with Crippen molar-refractivity contribution < 1.29 is 10.0 Å². The SMILES string of the molecule is OB(O)c1ccc2c(c1)c1ccccc1n2-c1nc(-c2ccc(-c3ccccc3)cc2)c2ccc3ccccc3c2n1. The largest absolute Gasteiger partial charge is 0.488 e. The smallest absolute Gasteiger partial charge is 0.423 e. The van der Waals surface area contributed by atoms with E-state index >= 15 is 0 Å². The third-order valence-electron chi connectivity index (χ3n) is 8.04. The van der Waals surface area contributed by atoms with Gasteiger partial charge in [0.2, 0.25) is 5.95 Å². The van der Waals surface area contributed by atoms with Crippen molar-refractivity contribution in [3.05, 3.63) is 133 Å². The average Bonchev–Trinajstić information content (AvgIpc) is 3.38. The van der Waals surface area contributed by atoms with Crippen molar-refractivity contribution in [1.82, 2.24) is 14.5 Å². The summed E-state index contributed by atoms with van der Waals surface area (Å²) in [6.07, 6.45) is 0. The molecule has 0 bridgehead atoms. The molecule has 0 amide bonds. The van der Waals surface area contributed by atoms with Gasteiger partial charge in [-0.2, -0.15) is 0 Å². The fourth-order valence-electron chi connectivity index (χ4n) is 5.99. The minimum atomic E-state index is -1.55. The number of nitrogens with zero attached hydrogens (tertiary/aromatic N) is 3. The van der Waals surface area contributed by atoms with Crippen LogP contribution >= 0.6 is 0 Å². The molecule has 8 aromatic rings. The maximum atomic E-state index is 9.88. The standard InChI is InChI=1S/C36H24BN3O2/c41-37(42)27-19-21-33-31(22-27)29-12-6-7-13-32(29)40(33)36-38-34(26-16-14-24(15-17-26)23-8-2-1-3-9-23)30-20-18-25-10-4-5-11-28(25)35(30)39-36/h1-22,41-42H. The van der Waals surface area contributed by atoms with Gasteiger partial charge in [-0.05, 0) is 40.2 Å². The fraction of sp³-hybridized carbons (Fsp3) is 0. The van der Waals surface area contributed by atoms with E-state index in [2.05, 4.69) is 83.4 Å². The molecule has 0 aliphatic rings. The van der Waals surface area contributed by atoms with Crippen LogP contribution in [0.15, 0.2) is 133 Å². The minimum absolute atomic E-state index is 0.440. The van der Waals surface area contributed by atoms with Crippen LogP contribution in [0, 0.1) is 0 Å². The van der Waals surface area contributed by atoms with Crippen molar-refractivity contribution in [3.8, 4) is 28.3 Å². The summed E-state index contributed by atoms with van der Waals surface area (Å²) in [6.45, 7) is 0. The fourth-order valence-corrected chi connectivity index (χ4v) is 5.99. The van der Waals surface area contributed by atoms with Crippen molar-refractivity contribution >= 4 is 56.1 Å². The normalized spacial score (nSPS) is 11.6. The lowest BCUT2D eigenvalue weighted by atomic mass is 9.80. The lowest BCUT2D eigenvalue weighted by Gasteiger charge is -2.14. The molecule has 0 spiro atoms. The summed E-state index contributed by atoms with van der Waals surface area (Å²) in [7, 11) is -1.55. The monoisotopic (exact) mass is 541 g/mol. The molecule has 198 valence electrons. The van der Waals surface area contributed by atoms with Crippen LogP contribution in [-0.2, 0) is 0 Å². The molecule has 0 radical (unpaired) electrons. The first-order valence-corrected chi connectivity index (χ1v) is 13.9. The average molecular weight is 541 g/mol. The Balaban J connectivity index is 1.43. The van der Waals surface area contributed by atoms with Crippen LogP contribution in [0.4, 0.5) is 0 Å². The molecular formula is C36H24BN3O2. The van der Waals surface area contributed by atoms with E-state index in [4.69, 9.17) is 9.97 Å². The van der Waals surface area contributed by atoms with E-state index in [0.29, 0.717) is 11.4 Å². The first-order valence-electron chi connectivity index (χ1n) is 13.9. The third-order valence-corrected chi connectivity index (χ3v) is 8.04. The van der Waals surface area contributed by atoms with Crippen molar-refractivity contribution in [2.45, 2.75) is 0 Å². The summed E-state index contributed by atoms with van der Waals surface area (Å²) < 4.78 is 2.07. The number of fused-ring (bicyclic) bond motifs is 6. The lowest BCUT2D eigenvalue weighted by Crippen LogP contribution is -2.29. The van der Waals surface area contributed by atoms with E-state index in [0.717, 1.165) is 60.3 Å². The zero-order valence-electron chi connectivity index (χ0n) is 22.5. The first kappa shape index (κ1) is 24.5. The zero-order chi connectivity index (χ0) is 28.2. The van der Waals surface area contributed by atoms with E-state index < -0.39 is 7.12 Å². The Kier molecular flexibility index (Phi) is 5.64. The predicted molar refractivity (Wildman–Crippen MR) is 172 cm³/mol. The maximum Gasteiger partial charge on any atom is 0.488 e. The molecule has 0 fully saturated rings. The molecule has 0 saturated heterocycles. The van der Waals surface area contributed by atoms with Crippen LogP contribution in [0.1, 0.15) is 0 Å². The second-order valence-electron chi connectivity index (χ2n) is 10.5. The molecule has 0 aliphatic heterocycles. The van der Waals surface area contributed by atoms with Gasteiger partial charge in [-0.3, -0.25) is 4.57 Å². The van der Waals surface area contributed by atoms with Crippen molar-refractivity contribution in [2.75, 3.05) is 0 Å². The van der Waals surface area contributed by atoms with Crippen LogP contribution < -0.4 is 5.46 Å². The van der Waals surface area contributed by atoms with Crippen molar-refractivity contribution in [1.29, 1.82) is 0 Å². The quantitative estimate of drug-likeness (QED) is 0.188. The van der Waals surface area contributed by atoms with Gasteiger partial charge in [-0.1, -0.05) is 115 Å². The number of benzene rings is 6. The third kappa shape index (κ3) is 3.89. The van der Waals surface area contributed by atoms with Gasteiger partial charge in [0.1, 0.15) is 0 Å². The molecule has 2 N–H and O–H groups in total. The summed E-state index contributed by atoms with van der Waals surface area (Å²) in [5, 5.41) is 24.8. The Morgan fingerprint density at radius 1 is 0.500 bits per heavy atom. The summed E-state index contributed by atoms with van der Waals surface area (Å²) in [5.74, 6) is 0.560. The molecule has 5 nitrogen and oxygen atoms in total. The number of hydrogen-bond acceptors (Lipinski definition) is 4. The Morgan fingerprint density at radius 2 is 1.17 bits per heavy atom. The van der Waals surface area contributed by atoms with E-state index in [1.807, 2.05) is 48.5 Å². The molecule has 8 rings (SSSR count). The Bertz CT molecular complexity index is 2280. The van der Waals surface area contributed by atoms with Crippen LogP contribution in [0.25, 0.3) is 71.8 Å². The van der Waals surface area contributed by atoms with Crippen LogP contribution in [0.2, 0.25) is 0 Å². The lowest BCUT2D eigenvalue weighted by molar-refractivity contribution is 0.426. The molecule has 0 atom stereocenters. The van der Waals surface area contributed by atoms with Gasteiger partial charge < -0.3 is 10.0 Å². The van der Waals surface area contributed by atoms with Gasteiger partial charge in [0.05, 0.1) is 22.2 Å². The molecule has 2 heterocycles. The molecule has 0 unspecified atom stereocenters. The van der Waals surface area contributed by atoms with Crippen molar-refractivity contribution in [2.24, 2.45) is 0 Å². The van der Waals surface area contributed by atoms with Crippen molar-refractivity contribution in [3.63, 3.8) is 0 Å². The second-order valence-corrected chi connectivity index (χ2v) is 10.5. The highest BCUT2D eigenvalue weighted by Gasteiger charge is 2.20. The highest BCUT2D eigenvalue weighted by Crippen LogP contribution is 2.36. The number of aromatic nitrogens is 3. The van der Waals surface area contributed by atoms with Crippen LogP contribution in [0.5, 0.6) is 0 Å². The molecule has 42 heavy (non-hydrogen) atoms. The topological polar surface area (TPSA) is 71.2 Å². The van der Waals surface area contributed by atoms with Gasteiger partial charge in [-0.25, -0.2) is 9.97 Å².